The first-order valence-corrected chi connectivity index (χ1v) is 8.11. The van der Waals surface area contributed by atoms with Crippen molar-refractivity contribution in [1.29, 1.82) is 0 Å². The Morgan fingerprint density at radius 2 is 2.15 bits per heavy atom. The van der Waals surface area contributed by atoms with Crippen LogP contribution in [0.25, 0.3) is 11.1 Å². The number of nitrogens with one attached hydrogen (secondary N) is 1. The zero-order valence-corrected chi connectivity index (χ0v) is 13.7. The fourth-order valence-corrected chi connectivity index (χ4v) is 3.36. The van der Waals surface area contributed by atoms with Gasteiger partial charge >= 0.3 is 0 Å². The van der Waals surface area contributed by atoms with Gasteiger partial charge in [-0.3, -0.25) is 0 Å². The lowest BCUT2D eigenvalue weighted by Gasteiger charge is -2.03. The van der Waals surface area contributed by atoms with Crippen molar-refractivity contribution in [2.45, 2.75) is 26.3 Å². The van der Waals surface area contributed by atoms with Crippen molar-refractivity contribution in [3.05, 3.63) is 44.9 Å². The van der Waals surface area contributed by atoms with E-state index in [9.17, 15) is 0 Å². The molecule has 2 aromatic heterocycles. The van der Waals surface area contributed by atoms with E-state index in [-0.39, 0.29) is 0 Å². The Morgan fingerprint density at radius 3 is 2.85 bits per heavy atom. The van der Waals surface area contributed by atoms with E-state index >= 15 is 0 Å². The topological polar surface area (TPSA) is 38.1 Å². The van der Waals surface area contributed by atoms with Gasteiger partial charge in [-0.25, -0.2) is 4.98 Å². The van der Waals surface area contributed by atoms with E-state index in [1.54, 1.807) is 11.3 Å². The van der Waals surface area contributed by atoms with E-state index in [0.29, 0.717) is 5.92 Å². The highest BCUT2D eigenvalue weighted by Crippen LogP contribution is 2.25. The molecule has 0 bridgehead atoms. The summed E-state index contributed by atoms with van der Waals surface area (Å²) in [5.74, 6) is 1.10. The average molecular weight is 351 g/mol. The minimum atomic E-state index is 0.308. The Labute approximate surface area is 130 Å². The molecular formula is C15H15BrN2OS. The van der Waals surface area contributed by atoms with Gasteiger partial charge in [-0.2, -0.15) is 0 Å². The number of aromatic nitrogens is 1. The predicted molar refractivity (Wildman–Crippen MR) is 87.4 cm³/mol. The lowest BCUT2D eigenvalue weighted by molar-refractivity contribution is 0.501. The highest BCUT2D eigenvalue weighted by atomic mass is 79.9. The number of nitrogens with zero attached hydrogens (tertiary/aromatic N) is 1. The second kappa shape index (κ2) is 5.58. The van der Waals surface area contributed by atoms with Crippen molar-refractivity contribution in [2.24, 2.45) is 0 Å². The summed E-state index contributed by atoms with van der Waals surface area (Å²) >= 11 is 5.21. The molecule has 3 nitrogen and oxygen atoms in total. The number of fused-ring (bicyclic) bond motifs is 1. The van der Waals surface area contributed by atoms with Crippen LogP contribution in [0.3, 0.4) is 0 Å². The molecule has 3 rings (SSSR count). The van der Waals surface area contributed by atoms with Crippen LogP contribution in [-0.4, -0.2) is 4.98 Å². The van der Waals surface area contributed by atoms with Gasteiger partial charge in [-0.15, -0.1) is 11.3 Å². The second-order valence-corrected chi connectivity index (χ2v) is 7.50. The molecule has 20 heavy (non-hydrogen) atoms. The molecule has 0 saturated carbocycles. The van der Waals surface area contributed by atoms with E-state index < -0.39 is 0 Å². The van der Waals surface area contributed by atoms with Gasteiger partial charge < -0.3 is 9.73 Å². The fraction of sp³-hybridized carbons (Fsp3) is 0.267. The Bertz CT molecular complexity index is 732. The summed E-state index contributed by atoms with van der Waals surface area (Å²) in [6.45, 7) is 4.98. The number of oxazole rings is 1. The quantitative estimate of drug-likeness (QED) is 0.685. The minimum Gasteiger partial charge on any atom is -0.440 e. The highest BCUT2D eigenvalue weighted by Gasteiger charge is 2.09. The number of thiophene rings is 1. The molecule has 0 radical (unpaired) electrons. The Balaban J connectivity index is 1.78. The summed E-state index contributed by atoms with van der Waals surface area (Å²) < 4.78 is 6.86. The van der Waals surface area contributed by atoms with Crippen molar-refractivity contribution in [3.8, 4) is 0 Å². The molecule has 0 atom stereocenters. The summed E-state index contributed by atoms with van der Waals surface area (Å²) in [6, 6.07) is 10.2. The molecule has 1 N–H and O–H groups in total. The summed E-state index contributed by atoms with van der Waals surface area (Å²) in [5, 5.41) is 3.41. The van der Waals surface area contributed by atoms with Crippen LogP contribution in [0.15, 0.2) is 38.5 Å². The van der Waals surface area contributed by atoms with Gasteiger partial charge in [-0.1, -0.05) is 13.8 Å². The zero-order chi connectivity index (χ0) is 14.1. The first-order chi connectivity index (χ1) is 9.61. The first-order valence-electron chi connectivity index (χ1n) is 6.50. The minimum absolute atomic E-state index is 0.308. The molecule has 0 saturated heterocycles. The molecule has 0 fully saturated rings. The standard InChI is InChI=1S/C15H15BrN2OS/c1-9(2)15-18-12-7-10(3-5-13(12)19-15)17-8-11-4-6-14(16)20-11/h3-7,9,17H,8H2,1-2H3. The van der Waals surface area contributed by atoms with E-state index in [4.69, 9.17) is 4.42 Å². The van der Waals surface area contributed by atoms with Crippen molar-refractivity contribution in [3.63, 3.8) is 0 Å². The number of anilines is 1. The molecular weight excluding hydrogens is 336 g/mol. The van der Waals surface area contributed by atoms with Crippen molar-refractivity contribution >= 4 is 44.1 Å². The first kappa shape index (κ1) is 13.6. The van der Waals surface area contributed by atoms with Gasteiger partial charge in [0.15, 0.2) is 11.5 Å². The molecule has 0 aliphatic heterocycles. The van der Waals surface area contributed by atoms with Crippen molar-refractivity contribution in [2.75, 3.05) is 5.32 Å². The van der Waals surface area contributed by atoms with Gasteiger partial charge in [0.2, 0.25) is 0 Å². The van der Waals surface area contributed by atoms with E-state index in [0.717, 1.165) is 33.0 Å². The maximum Gasteiger partial charge on any atom is 0.198 e. The smallest absolute Gasteiger partial charge is 0.198 e. The molecule has 0 aliphatic rings. The number of halogens is 1. The van der Waals surface area contributed by atoms with Crippen LogP contribution < -0.4 is 5.32 Å². The Hall–Kier alpha value is -1.33. The predicted octanol–water partition coefficient (Wildman–Crippen LogP) is 5.39. The van der Waals surface area contributed by atoms with Gasteiger partial charge in [0.25, 0.3) is 0 Å². The molecule has 0 unspecified atom stereocenters. The Kier molecular flexibility index (Phi) is 3.81. The average Bonchev–Trinajstić information content (AvgIpc) is 3.01. The third-order valence-electron chi connectivity index (χ3n) is 2.99. The molecule has 1 aromatic carbocycles. The molecule has 104 valence electrons. The van der Waals surface area contributed by atoms with E-state index in [1.807, 2.05) is 18.2 Å². The van der Waals surface area contributed by atoms with Gasteiger partial charge in [0.1, 0.15) is 5.52 Å². The van der Waals surface area contributed by atoms with Crippen LogP contribution in [0.4, 0.5) is 5.69 Å². The monoisotopic (exact) mass is 350 g/mol. The second-order valence-electron chi connectivity index (χ2n) is 4.95. The largest absolute Gasteiger partial charge is 0.440 e. The molecule has 0 spiro atoms. The third-order valence-corrected chi connectivity index (χ3v) is 4.62. The van der Waals surface area contributed by atoms with Crippen LogP contribution in [-0.2, 0) is 6.54 Å². The summed E-state index contributed by atoms with van der Waals surface area (Å²) in [4.78, 5) is 5.81. The lowest BCUT2D eigenvalue weighted by atomic mass is 10.2. The Morgan fingerprint density at radius 1 is 1.30 bits per heavy atom. The van der Waals surface area contributed by atoms with Crippen molar-refractivity contribution < 1.29 is 4.42 Å². The van der Waals surface area contributed by atoms with Crippen molar-refractivity contribution in [1.82, 2.24) is 4.98 Å². The molecule has 3 aromatic rings. The number of hydrogen-bond donors (Lipinski definition) is 1. The highest BCUT2D eigenvalue weighted by molar-refractivity contribution is 9.11. The van der Waals surface area contributed by atoms with E-state index in [2.05, 4.69) is 52.2 Å². The summed E-state index contributed by atoms with van der Waals surface area (Å²) in [7, 11) is 0. The summed E-state index contributed by atoms with van der Waals surface area (Å²) in [6.07, 6.45) is 0. The normalized spacial score (nSPS) is 11.4. The lowest BCUT2D eigenvalue weighted by Crippen LogP contribution is -1.96. The van der Waals surface area contributed by atoms with Crippen LogP contribution in [0.2, 0.25) is 0 Å². The summed E-state index contributed by atoms with van der Waals surface area (Å²) in [5.41, 5.74) is 2.81. The molecule has 2 heterocycles. The molecule has 0 aliphatic carbocycles. The molecule has 0 amide bonds. The van der Waals surface area contributed by atoms with Gasteiger partial charge in [-0.05, 0) is 46.3 Å². The maximum absolute atomic E-state index is 5.71. The fourth-order valence-electron chi connectivity index (χ4n) is 1.94. The SMILES string of the molecule is CC(C)c1nc2cc(NCc3ccc(Br)s3)ccc2o1. The van der Waals surface area contributed by atoms with Crippen LogP contribution >= 0.6 is 27.3 Å². The van der Waals surface area contributed by atoms with Crippen LogP contribution in [0.5, 0.6) is 0 Å². The van der Waals surface area contributed by atoms with Crippen LogP contribution in [0, 0.1) is 0 Å². The number of hydrogen-bond acceptors (Lipinski definition) is 4. The zero-order valence-electron chi connectivity index (χ0n) is 11.3. The van der Waals surface area contributed by atoms with E-state index in [1.165, 1.54) is 4.88 Å². The molecule has 5 heteroatoms. The number of rotatable bonds is 4. The maximum atomic E-state index is 5.71. The van der Waals surface area contributed by atoms with Gasteiger partial charge in [0, 0.05) is 23.0 Å². The van der Waals surface area contributed by atoms with Crippen LogP contribution in [0.1, 0.15) is 30.5 Å². The number of benzene rings is 1. The third kappa shape index (κ3) is 2.88. The van der Waals surface area contributed by atoms with Gasteiger partial charge in [0.05, 0.1) is 3.79 Å².